The molecule has 1 atom stereocenters. The molecule has 1 aromatic heterocycles. The number of halogens is 1. The van der Waals surface area contributed by atoms with E-state index >= 15 is 0 Å². The molecule has 0 saturated heterocycles. The molecular weight excluding hydrogens is 489 g/mol. The maximum atomic E-state index is 5.48. The standard InChI is InChI=1S/C23H29N5O.HI/c1-18(21-11-6-7-12-22(21)29-3)15-25-23(24-2)26-16-19-9-4-5-10-20(19)17-28-14-8-13-27-28;/h4-14,18H,15-17H2,1-3H3,(H2,24,25,26);1H. The summed E-state index contributed by atoms with van der Waals surface area (Å²) in [5.41, 5.74) is 3.65. The zero-order valence-electron chi connectivity index (χ0n) is 17.7. The van der Waals surface area contributed by atoms with Crippen LogP contribution in [0.4, 0.5) is 0 Å². The van der Waals surface area contributed by atoms with Crippen LogP contribution in [0.2, 0.25) is 0 Å². The van der Waals surface area contributed by atoms with Gasteiger partial charge in [-0.3, -0.25) is 9.67 Å². The first kappa shape index (κ1) is 23.7. The molecule has 7 heteroatoms. The van der Waals surface area contributed by atoms with Gasteiger partial charge in [0.05, 0.1) is 13.7 Å². The van der Waals surface area contributed by atoms with Crippen molar-refractivity contribution in [2.75, 3.05) is 20.7 Å². The number of nitrogens with zero attached hydrogens (tertiary/aromatic N) is 3. The van der Waals surface area contributed by atoms with E-state index in [1.165, 1.54) is 16.7 Å². The Bertz CT molecular complexity index is 927. The van der Waals surface area contributed by atoms with Gasteiger partial charge in [0.2, 0.25) is 0 Å². The van der Waals surface area contributed by atoms with Crippen LogP contribution in [0.25, 0.3) is 0 Å². The van der Waals surface area contributed by atoms with Gasteiger partial charge in [-0.2, -0.15) is 5.10 Å². The highest BCUT2D eigenvalue weighted by atomic mass is 127. The molecule has 0 amide bonds. The molecule has 160 valence electrons. The highest BCUT2D eigenvalue weighted by molar-refractivity contribution is 14.0. The quantitative estimate of drug-likeness (QED) is 0.268. The van der Waals surface area contributed by atoms with Crippen LogP contribution in [-0.4, -0.2) is 36.4 Å². The van der Waals surface area contributed by atoms with Gasteiger partial charge in [-0.1, -0.05) is 49.4 Å². The van der Waals surface area contributed by atoms with Crippen LogP contribution in [0.5, 0.6) is 5.75 Å². The van der Waals surface area contributed by atoms with Crippen LogP contribution in [0.3, 0.4) is 0 Å². The Labute approximate surface area is 195 Å². The van der Waals surface area contributed by atoms with Crippen LogP contribution in [0.15, 0.2) is 72.0 Å². The number of rotatable bonds is 8. The van der Waals surface area contributed by atoms with Crippen molar-refractivity contribution in [2.45, 2.75) is 25.9 Å². The fourth-order valence-corrected chi connectivity index (χ4v) is 3.29. The molecule has 0 saturated carbocycles. The Kier molecular flexibility index (Phi) is 9.66. The zero-order valence-corrected chi connectivity index (χ0v) is 20.0. The zero-order chi connectivity index (χ0) is 20.5. The van der Waals surface area contributed by atoms with Crippen LogP contribution < -0.4 is 15.4 Å². The Hall–Kier alpha value is -2.55. The number of para-hydroxylation sites is 1. The monoisotopic (exact) mass is 519 g/mol. The summed E-state index contributed by atoms with van der Waals surface area (Å²) in [5.74, 6) is 1.98. The largest absolute Gasteiger partial charge is 0.496 e. The van der Waals surface area contributed by atoms with E-state index in [1.54, 1.807) is 20.4 Å². The van der Waals surface area contributed by atoms with Gasteiger partial charge in [0.1, 0.15) is 5.75 Å². The maximum absolute atomic E-state index is 5.48. The van der Waals surface area contributed by atoms with Crippen molar-refractivity contribution in [3.05, 3.63) is 83.7 Å². The Balaban J connectivity index is 0.00000320. The fourth-order valence-electron chi connectivity index (χ4n) is 3.29. The van der Waals surface area contributed by atoms with Crippen LogP contribution in [0.1, 0.15) is 29.5 Å². The number of aliphatic imine (C=N–C) groups is 1. The minimum absolute atomic E-state index is 0. The van der Waals surface area contributed by atoms with Crippen molar-refractivity contribution < 1.29 is 4.74 Å². The molecule has 0 radical (unpaired) electrons. The molecule has 30 heavy (non-hydrogen) atoms. The van der Waals surface area contributed by atoms with Gasteiger partial charge in [0, 0.05) is 38.4 Å². The first-order valence-electron chi connectivity index (χ1n) is 9.83. The Morgan fingerprint density at radius 1 is 1.07 bits per heavy atom. The van der Waals surface area contributed by atoms with Crippen molar-refractivity contribution in [1.29, 1.82) is 0 Å². The molecule has 3 aromatic rings. The van der Waals surface area contributed by atoms with Gasteiger partial charge in [-0.15, -0.1) is 24.0 Å². The van der Waals surface area contributed by atoms with Crippen molar-refractivity contribution in [3.63, 3.8) is 0 Å². The average molecular weight is 519 g/mol. The molecule has 0 aliphatic heterocycles. The summed E-state index contributed by atoms with van der Waals surface area (Å²) in [4.78, 5) is 4.36. The summed E-state index contributed by atoms with van der Waals surface area (Å²) in [6.45, 7) is 4.38. The molecular formula is C23H30IN5O. The number of guanidine groups is 1. The van der Waals surface area contributed by atoms with Gasteiger partial charge in [0.15, 0.2) is 5.96 Å². The normalized spacial score (nSPS) is 12.0. The number of benzene rings is 2. The lowest BCUT2D eigenvalue weighted by Crippen LogP contribution is -2.38. The second-order valence-corrected chi connectivity index (χ2v) is 6.92. The van der Waals surface area contributed by atoms with E-state index in [1.807, 2.05) is 35.1 Å². The third-order valence-corrected chi connectivity index (χ3v) is 4.93. The lowest BCUT2D eigenvalue weighted by Gasteiger charge is -2.19. The van der Waals surface area contributed by atoms with Crippen LogP contribution >= 0.6 is 24.0 Å². The van der Waals surface area contributed by atoms with Crippen molar-refractivity contribution >= 4 is 29.9 Å². The highest BCUT2D eigenvalue weighted by Crippen LogP contribution is 2.25. The lowest BCUT2D eigenvalue weighted by atomic mass is 10.0. The summed E-state index contributed by atoms with van der Waals surface area (Å²) in [5, 5.41) is 11.1. The van der Waals surface area contributed by atoms with E-state index in [0.717, 1.165) is 24.8 Å². The van der Waals surface area contributed by atoms with E-state index in [2.05, 4.69) is 58.0 Å². The minimum Gasteiger partial charge on any atom is -0.496 e. The van der Waals surface area contributed by atoms with E-state index in [9.17, 15) is 0 Å². The predicted molar refractivity (Wildman–Crippen MR) is 133 cm³/mol. The van der Waals surface area contributed by atoms with Gasteiger partial charge < -0.3 is 15.4 Å². The van der Waals surface area contributed by atoms with E-state index in [-0.39, 0.29) is 29.9 Å². The summed E-state index contributed by atoms with van der Waals surface area (Å²) >= 11 is 0. The average Bonchev–Trinajstić information content (AvgIpc) is 3.27. The van der Waals surface area contributed by atoms with Crippen LogP contribution in [-0.2, 0) is 13.1 Å². The second-order valence-electron chi connectivity index (χ2n) is 6.92. The number of aromatic nitrogens is 2. The summed E-state index contributed by atoms with van der Waals surface area (Å²) in [7, 11) is 3.50. The van der Waals surface area contributed by atoms with E-state index < -0.39 is 0 Å². The van der Waals surface area contributed by atoms with Crippen molar-refractivity contribution in [3.8, 4) is 5.75 Å². The lowest BCUT2D eigenvalue weighted by molar-refractivity contribution is 0.406. The number of nitrogens with one attached hydrogen (secondary N) is 2. The topological polar surface area (TPSA) is 63.5 Å². The molecule has 0 spiro atoms. The third-order valence-electron chi connectivity index (χ3n) is 4.93. The number of ether oxygens (including phenoxy) is 1. The van der Waals surface area contributed by atoms with Crippen LogP contribution in [0, 0.1) is 0 Å². The minimum atomic E-state index is 0. The molecule has 1 heterocycles. The van der Waals surface area contributed by atoms with Gasteiger partial charge in [0.25, 0.3) is 0 Å². The van der Waals surface area contributed by atoms with Crippen molar-refractivity contribution in [2.24, 2.45) is 4.99 Å². The first-order valence-corrected chi connectivity index (χ1v) is 9.83. The van der Waals surface area contributed by atoms with E-state index in [0.29, 0.717) is 6.54 Å². The van der Waals surface area contributed by atoms with Gasteiger partial charge in [-0.25, -0.2) is 0 Å². The van der Waals surface area contributed by atoms with Crippen molar-refractivity contribution in [1.82, 2.24) is 20.4 Å². The maximum Gasteiger partial charge on any atom is 0.191 e. The first-order chi connectivity index (χ1) is 14.2. The molecule has 1 unspecified atom stereocenters. The molecule has 0 aliphatic rings. The summed E-state index contributed by atoms with van der Waals surface area (Å²) in [6, 6.07) is 18.5. The predicted octanol–water partition coefficient (Wildman–Crippen LogP) is 4.03. The number of hydrogen-bond donors (Lipinski definition) is 2. The van der Waals surface area contributed by atoms with E-state index in [4.69, 9.17) is 4.74 Å². The molecule has 3 rings (SSSR count). The SMILES string of the molecule is CN=C(NCc1ccccc1Cn1cccn1)NCC(C)c1ccccc1OC.I. The Morgan fingerprint density at radius 2 is 1.80 bits per heavy atom. The summed E-state index contributed by atoms with van der Waals surface area (Å²) < 4.78 is 7.41. The molecule has 0 bridgehead atoms. The molecule has 0 fully saturated rings. The number of hydrogen-bond acceptors (Lipinski definition) is 3. The third kappa shape index (κ3) is 6.48. The molecule has 2 N–H and O–H groups in total. The highest BCUT2D eigenvalue weighted by Gasteiger charge is 2.12. The fraction of sp³-hybridized carbons (Fsp3) is 0.304. The molecule has 2 aromatic carbocycles. The van der Waals surface area contributed by atoms with Gasteiger partial charge >= 0.3 is 0 Å². The van der Waals surface area contributed by atoms with Gasteiger partial charge in [-0.05, 0) is 28.8 Å². The Morgan fingerprint density at radius 3 is 2.50 bits per heavy atom. The number of methoxy groups -OCH3 is 1. The second kappa shape index (κ2) is 12.2. The molecule has 6 nitrogen and oxygen atoms in total. The smallest absolute Gasteiger partial charge is 0.191 e. The summed E-state index contributed by atoms with van der Waals surface area (Å²) in [6.07, 6.45) is 3.78. The molecule has 0 aliphatic carbocycles.